The van der Waals surface area contributed by atoms with E-state index in [-0.39, 0.29) is 17.2 Å². The molecule has 158 valence electrons. The molecule has 3 aromatic rings. The molecule has 3 aromatic carbocycles. The predicted molar refractivity (Wildman–Crippen MR) is 129 cm³/mol. The molecule has 0 unspecified atom stereocenters. The highest BCUT2D eigenvalue weighted by molar-refractivity contribution is 8.00. The number of hydrogen-bond donors (Lipinski definition) is 1. The normalized spacial score (nSPS) is 15.9. The van der Waals surface area contributed by atoms with Gasteiger partial charge in [-0.15, -0.1) is 11.8 Å². The van der Waals surface area contributed by atoms with E-state index in [1.165, 1.54) is 11.6 Å². The molecule has 0 aliphatic carbocycles. The van der Waals surface area contributed by atoms with E-state index in [9.17, 15) is 9.59 Å². The van der Waals surface area contributed by atoms with E-state index in [1.54, 1.807) is 23.9 Å². The number of benzene rings is 3. The third-order valence-corrected chi connectivity index (χ3v) is 7.03. The molecule has 1 heterocycles. The average Bonchev–Trinajstić information content (AvgIpc) is 3.17. The molecule has 0 aromatic heterocycles. The number of anilines is 2. The molecule has 1 aliphatic rings. The largest absolute Gasteiger partial charge is 0.322 e. The van der Waals surface area contributed by atoms with Gasteiger partial charge in [-0.25, -0.2) is 0 Å². The highest BCUT2D eigenvalue weighted by Gasteiger charge is 2.34. The van der Waals surface area contributed by atoms with Crippen molar-refractivity contribution in [2.75, 3.05) is 16.0 Å². The van der Waals surface area contributed by atoms with Crippen molar-refractivity contribution in [3.63, 3.8) is 0 Å². The second kappa shape index (κ2) is 9.35. The summed E-state index contributed by atoms with van der Waals surface area (Å²) in [5, 5.41) is 3.47. The molecule has 0 radical (unpaired) electrons. The highest BCUT2D eigenvalue weighted by atomic mass is 35.5. The molecular formula is C24H20Cl2N2O2S. The van der Waals surface area contributed by atoms with Crippen LogP contribution in [0.5, 0.6) is 0 Å². The summed E-state index contributed by atoms with van der Waals surface area (Å²) in [4.78, 5) is 27.2. The van der Waals surface area contributed by atoms with Gasteiger partial charge in [0.25, 0.3) is 5.91 Å². The van der Waals surface area contributed by atoms with Gasteiger partial charge < -0.3 is 5.32 Å². The van der Waals surface area contributed by atoms with E-state index in [4.69, 9.17) is 23.2 Å². The molecule has 1 aliphatic heterocycles. The Bertz CT molecular complexity index is 1150. The molecule has 0 saturated carbocycles. The zero-order valence-corrected chi connectivity index (χ0v) is 19.1. The lowest BCUT2D eigenvalue weighted by Crippen LogP contribution is -2.28. The van der Waals surface area contributed by atoms with Crippen molar-refractivity contribution in [3.05, 3.63) is 93.5 Å². The standard InChI is InChI=1S/C24H20Cl2N2O2S/c1-2-15-5-3-8-19(11-15)28-22(29)14-31-24(28)17-6-4-7-18(12-17)27-23(30)16-9-10-20(25)21(26)13-16/h3-13,24H,2,14H2,1H3,(H,27,30)/t24-/m1/s1. The van der Waals surface area contributed by atoms with Crippen LogP contribution < -0.4 is 10.2 Å². The van der Waals surface area contributed by atoms with Gasteiger partial charge >= 0.3 is 0 Å². The SMILES string of the molecule is CCc1cccc(N2C(=O)CS[C@@H]2c2cccc(NC(=O)c3ccc(Cl)c(Cl)c3)c2)c1. The minimum atomic E-state index is -0.279. The summed E-state index contributed by atoms with van der Waals surface area (Å²) >= 11 is 13.5. The highest BCUT2D eigenvalue weighted by Crippen LogP contribution is 2.42. The lowest BCUT2D eigenvalue weighted by Gasteiger charge is -2.25. The fourth-order valence-electron chi connectivity index (χ4n) is 3.49. The second-order valence-electron chi connectivity index (χ2n) is 7.16. The van der Waals surface area contributed by atoms with E-state index in [0.717, 1.165) is 17.7 Å². The zero-order chi connectivity index (χ0) is 22.0. The number of thioether (sulfide) groups is 1. The van der Waals surface area contributed by atoms with Crippen molar-refractivity contribution in [2.45, 2.75) is 18.7 Å². The Balaban J connectivity index is 1.58. The summed E-state index contributed by atoms with van der Waals surface area (Å²) < 4.78 is 0. The van der Waals surface area contributed by atoms with Gasteiger partial charge in [0.2, 0.25) is 5.91 Å². The molecule has 1 fully saturated rings. The first-order chi connectivity index (χ1) is 15.0. The van der Waals surface area contributed by atoms with Crippen molar-refractivity contribution in [1.29, 1.82) is 0 Å². The van der Waals surface area contributed by atoms with E-state index >= 15 is 0 Å². The van der Waals surface area contributed by atoms with E-state index in [2.05, 4.69) is 24.4 Å². The molecule has 1 saturated heterocycles. The van der Waals surface area contributed by atoms with Gasteiger partial charge in [0.1, 0.15) is 5.37 Å². The maximum Gasteiger partial charge on any atom is 0.255 e. The minimum Gasteiger partial charge on any atom is -0.322 e. The van der Waals surface area contributed by atoms with Crippen molar-refractivity contribution >= 4 is 58.2 Å². The molecule has 0 bridgehead atoms. The molecule has 31 heavy (non-hydrogen) atoms. The van der Waals surface area contributed by atoms with E-state index in [0.29, 0.717) is 27.0 Å². The first-order valence-electron chi connectivity index (χ1n) is 9.85. The Morgan fingerprint density at radius 3 is 2.65 bits per heavy atom. The average molecular weight is 471 g/mol. The first kappa shape index (κ1) is 21.8. The molecule has 1 N–H and O–H groups in total. The van der Waals surface area contributed by atoms with Crippen LogP contribution in [0.3, 0.4) is 0 Å². The summed E-state index contributed by atoms with van der Waals surface area (Å²) in [6.07, 6.45) is 0.907. The van der Waals surface area contributed by atoms with E-state index in [1.807, 2.05) is 41.3 Å². The molecule has 0 spiro atoms. The van der Waals surface area contributed by atoms with Crippen LogP contribution in [-0.2, 0) is 11.2 Å². The summed E-state index contributed by atoms with van der Waals surface area (Å²) in [5.74, 6) is 0.216. The first-order valence-corrected chi connectivity index (χ1v) is 11.7. The Kier molecular flexibility index (Phi) is 6.56. The molecule has 1 atom stereocenters. The van der Waals surface area contributed by atoms with Crippen LogP contribution in [0, 0.1) is 0 Å². The number of rotatable bonds is 5. The topological polar surface area (TPSA) is 49.4 Å². The van der Waals surface area contributed by atoms with Crippen LogP contribution in [0.2, 0.25) is 10.0 Å². The molecule has 2 amide bonds. The van der Waals surface area contributed by atoms with Gasteiger partial charge in [-0.3, -0.25) is 14.5 Å². The van der Waals surface area contributed by atoms with Crippen molar-refractivity contribution < 1.29 is 9.59 Å². The number of hydrogen-bond acceptors (Lipinski definition) is 3. The number of aryl methyl sites for hydroxylation is 1. The monoisotopic (exact) mass is 470 g/mol. The van der Waals surface area contributed by atoms with Gasteiger partial charge in [-0.1, -0.05) is 54.4 Å². The van der Waals surface area contributed by atoms with Crippen molar-refractivity contribution in [2.24, 2.45) is 0 Å². The zero-order valence-electron chi connectivity index (χ0n) is 16.8. The van der Waals surface area contributed by atoms with Crippen LogP contribution in [0.1, 0.15) is 33.8 Å². The number of carbonyl (C=O) groups excluding carboxylic acids is 2. The number of halogens is 2. The van der Waals surface area contributed by atoms with Gasteiger partial charge in [0, 0.05) is 16.9 Å². The summed E-state index contributed by atoms with van der Waals surface area (Å²) in [6.45, 7) is 2.09. The summed E-state index contributed by atoms with van der Waals surface area (Å²) in [6, 6.07) is 20.4. The summed E-state index contributed by atoms with van der Waals surface area (Å²) in [5.41, 5.74) is 4.09. The number of nitrogens with one attached hydrogen (secondary N) is 1. The van der Waals surface area contributed by atoms with Crippen LogP contribution >= 0.6 is 35.0 Å². The molecular weight excluding hydrogens is 451 g/mol. The van der Waals surface area contributed by atoms with Gasteiger partial charge in [0.05, 0.1) is 15.8 Å². The van der Waals surface area contributed by atoms with Crippen LogP contribution in [0.4, 0.5) is 11.4 Å². The quantitative estimate of drug-likeness (QED) is 0.457. The van der Waals surface area contributed by atoms with Gasteiger partial charge in [0.15, 0.2) is 0 Å². The third-order valence-electron chi connectivity index (χ3n) is 5.08. The maximum atomic E-state index is 12.7. The van der Waals surface area contributed by atoms with Crippen LogP contribution in [0.15, 0.2) is 66.7 Å². The summed E-state index contributed by atoms with van der Waals surface area (Å²) in [7, 11) is 0. The fourth-order valence-corrected chi connectivity index (χ4v) is 4.95. The minimum absolute atomic E-state index is 0.0773. The Morgan fingerprint density at radius 1 is 1.06 bits per heavy atom. The van der Waals surface area contributed by atoms with Crippen molar-refractivity contribution in [1.82, 2.24) is 0 Å². The second-order valence-corrected chi connectivity index (χ2v) is 9.04. The Morgan fingerprint density at radius 2 is 1.87 bits per heavy atom. The fraction of sp³-hybridized carbons (Fsp3) is 0.167. The van der Waals surface area contributed by atoms with Gasteiger partial charge in [-0.2, -0.15) is 0 Å². The third kappa shape index (κ3) is 4.74. The number of amides is 2. The van der Waals surface area contributed by atoms with Crippen LogP contribution in [0.25, 0.3) is 0 Å². The lowest BCUT2D eigenvalue weighted by atomic mass is 10.1. The smallest absolute Gasteiger partial charge is 0.255 e. The lowest BCUT2D eigenvalue weighted by molar-refractivity contribution is -0.115. The predicted octanol–water partition coefficient (Wildman–Crippen LogP) is 6.59. The Labute approximate surface area is 195 Å². The molecule has 4 nitrogen and oxygen atoms in total. The van der Waals surface area contributed by atoms with E-state index < -0.39 is 0 Å². The maximum absolute atomic E-state index is 12.7. The Hall–Kier alpha value is -2.47. The number of nitrogens with zero attached hydrogens (tertiary/aromatic N) is 1. The van der Waals surface area contributed by atoms with Gasteiger partial charge in [-0.05, 0) is 60.0 Å². The number of carbonyl (C=O) groups is 2. The van der Waals surface area contributed by atoms with Crippen molar-refractivity contribution in [3.8, 4) is 0 Å². The molecule has 7 heteroatoms. The molecule has 4 rings (SSSR count). The van der Waals surface area contributed by atoms with Crippen LogP contribution in [-0.4, -0.2) is 17.6 Å².